The zero-order valence-electron chi connectivity index (χ0n) is 10.4. The molecule has 9 heteroatoms. The molecular weight excluding hydrogens is 292 g/mol. The maximum atomic E-state index is 13.7. The minimum Gasteiger partial charge on any atom is -0.399 e. The first kappa shape index (κ1) is 14.7. The molecule has 0 atom stereocenters. The first-order valence-corrected chi connectivity index (χ1v) is 7.28. The fourth-order valence-electron chi connectivity index (χ4n) is 1.94. The second-order valence-electron chi connectivity index (χ2n) is 4.32. The smallest absolute Gasteiger partial charge is 0.249 e. The predicted octanol–water partition coefficient (Wildman–Crippen LogP) is 0.0576. The van der Waals surface area contributed by atoms with Gasteiger partial charge in [0, 0.05) is 31.7 Å². The maximum absolute atomic E-state index is 13.7. The molecule has 1 saturated heterocycles. The van der Waals surface area contributed by atoms with Gasteiger partial charge in [-0.15, -0.1) is 0 Å². The Morgan fingerprint density at radius 1 is 1.20 bits per heavy atom. The van der Waals surface area contributed by atoms with Crippen LogP contribution in [-0.4, -0.2) is 38.3 Å². The van der Waals surface area contributed by atoms with Crippen LogP contribution in [-0.2, 0) is 14.8 Å². The third kappa shape index (κ3) is 2.73. The van der Waals surface area contributed by atoms with Gasteiger partial charge < -0.3 is 11.1 Å². The van der Waals surface area contributed by atoms with Crippen LogP contribution >= 0.6 is 0 Å². The van der Waals surface area contributed by atoms with Crippen LogP contribution in [0.15, 0.2) is 17.0 Å². The average molecular weight is 305 g/mol. The zero-order valence-corrected chi connectivity index (χ0v) is 11.2. The number of amides is 1. The summed E-state index contributed by atoms with van der Waals surface area (Å²) in [5, 5.41) is 2.48. The van der Waals surface area contributed by atoms with Crippen molar-refractivity contribution in [3.8, 4) is 0 Å². The fourth-order valence-corrected chi connectivity index (χ4v) is 3.47. The van der Waals surface area contributed by atoms with Crippen LogP contribution in [0, 0.1) is 11.6 Å². The van der Waals surface area contributed by atoms with Gasteiger partial charge in [-0.2, -0.15) is 4.31 Å². The molecule has 0 saturated carbocycles. The van der Waals surface area contributed by atoms with Crippen LogP contribution in [0.5, 0.6) is 0 Å². The van der Waals surface area contributed by atoms with Crippen molar-refractivity contribution in [3.63, 3.8) is 0 Å². The minimum absolute atomic E-state index is 0.0443. The predicted molar refractivity (Wildman–Crippen MR) is 67.2 cm³/mol. The molecule has 1 aliphatic heterocycles. The third-order valence-corrected chi connectivity index (χ3v) is 4.84. The monoisotopic (exact) mass is 305 g/mol. The first-order valence-electron chi connectivity index (χ1n) is 5.84. The molecule has 1 fully saturated rings. The highest BCUT2D eigenvalue weighted by Crippen LogP contribution is 2.25. The second kappa shape index (κ2) is 5.33. The van der Waals surface area contributed by atoms with Gasteiger partial charge in [0.15, 0.2) is 4.90 Å². The number of rotatable bonds is 2. The van der Waals surface area contributed by atoms with Crippen LogP contribution in [0.3, 0.4) is 0 Å². The van der Waals surface area contributed by atoms with E-state index in [-0.39, 0.29) is 37.6 Å². The highest BCUT2D eigenvalue weighted by molar-refractivity contribution is 7.89. The molecule has 0 spiro atoms. The van der Waals surface area contributed by atoms with Gasteiger partial charge >= 0.3 is 0 Å². The molecule has 0 aromatic heterocycles. The molecule has 1 heterocycles. The summed E-state index contributed by atoms with van der Waals surface area (Å²) in [6, 6.07) is 1.49. The molecule has 0 radical (unpaired) electrons. The molecule has 2 rings (SSSR count). The van der Waals surface area contributed by atoms with Gasteiger partial charge in [0.05, 0.1) is 0 Å². The average Bonchev–Trinajstić information content (AvgIpc) is 2.52. The van der Waals surface area contributed by atoms with Crippen molar-refractivity contribution in [3.05, 3.63) is 23.8 Å². The lowest BCUT2D eigenvalue weighted by atomic mass is 10.3. The molecular formula is C11H13F2N3O3S. The quantitative estimate of drug-likeness (QED) is 0.756. The Morgan fingerprint density at radius 3 is 2.40 bits per heavy atom. The highest BCUT2D eigenvalue weighted by Gasteiger charge is 2.32. The van der Waals surface area contributed by atoms with Crippen molar-refractivity contribution in [1.29, 1.82) is 0 Å². The van der Waals surface area contributed by atoms with E-state index in [0.29, 0.717) is 0 Å². The van der Waals surface area contributed by atoms with Crippen LogP contribution in [0.2, 0.25) is 0 Å². The molecule has 1 amide bonds. The van der Waals surface area contributed by atoms with Crippen molar-refractivity contribution in [2.75, 3.05) is 25.4 Å². The minimum atomic E-state index is -4.35. The fraction of sp³-hybridized carbons (Fsp3) is 0.364. The standard InChI is InChI=1S/C11H13F2N3O3S/c12-8-5-7(14)6-9(13)11(8)20(18,19)16-3-1-10(17)15-2-4-16/h5-6H,1-4,14H2,(H,15,17). The molecule has 0 aliphatic carbocycles. The normalized spacial score (nSPS) is 17.6. The van der Waals surface area contributed by atoms with Crippen LogP contribution in [0.25, 0.3) is 0 Å². The number of nitrogen functional groups attached to an aromatic ring is 1. The lowest BCUT2D eigenvalue weighted by Crippen LogP contribution is -2.35. The number of benzene rings is 1. The summed E-state index contributed by atoms with van der Waals surface area (Å²) in [4.78, 5) is 10.1. The van der Waals surface area contributed by atoms with Gasteiger partial charge in [0.1, 0.15) is 11.6 Å². The summed E-state index contributed by atoms with van der Waals surface area (Å²) in [6.07, 6.45) is -0.0581. The molecule has 1 aliphatic rings. The zero-order chi connectivity index (χ0) is 14.9. The Hall–Kier alpha value is -1.74. The summed E-state index contributed by atoms with van der Waals surface area (Å²) in [5.41, 5.74) is 5.05. The number of anilines is 1. The number of hydrogen-bond acceptors (Lipinski definition) is 4. The van der Waals surface area contributed by atoms with Gasteiger partial charge in [-0.25, -0.2) is 17.2 Å². The first-order chi connectivity index (χ1) is 9.32. The van der Waals surface area contributed by atoms with Crippen LogP contribution < -0.4 is 11.1 Å². The van der Waals surface area contributed by atoms with Crippen LogP contribution in [0.4, 0.5) is 14.5 Å². The summed E-state index contributed by atoms with van der Waals surface area (Å²) in [6.45, 7) is -0.0783. The number of halogens is 2. The maximum Gasteiger partial charge on any atom is 0.249 e. The van der Waals surface area contributed by atoms with E-state index in [0.717, 1.165) is 16.4 Å². The van der Waals surface area contributed by atoms with Crippen molar-refractivity contribution in [2.24, 2.45) is 0 Å². The van der Waals surface area contributed by atoms with Gasteiger partial charge in [-0.3, -0.25) is 4.79 Å². The molecule has 1 aromatic rings. The molecule has 0 unspecified atom stereocenters. The Kier molecular flexibility index (Phi) is 3.91. The van der Waals surface area contributed by atoms with Gasteiger partial charge in [-0.05, 0) is 12.1 Å². The van der Waals surface area contributed by atoms with Gasteiger partial charge in [0.2, 0.25) is 15.9 Å². The van der Waals surface area contributed by atoms with Crippen LogP contribution in [0.1, 0.15) is 6.42 Å². The number of carbonyl (C=O) groups is 1. The summed E-state index contributed by atoms with van der Waals surface area (Å²) in [5.74, 6) is -2.79. The van der Waals surface area contributed by atoms with Crippen molar-refractivity contribution in [1.82, 2.24) is 9.62 Å². The number of sulfonamides is 1. The molecule has 1 aromatic carbocycles. The Morgan fingerprint density at radius 2 is 1.80 bits per heavy atom. The number of nitrogens with zero attached hydrogens (tertiary/aromatic N) is 1. The van der Waals surface area contributed by atoms with E-state index in [9.17, 15) is 22.0 Å². The van der Waals surface area contributed by atoms with E-state index in [4.69, 9.17) is 5.73 Å². The van der Waals surface area contributed by atoms with E-state index in [1.54, 1.807) is 0 Å². The van der Waals surface area contributed by atoms with E-state index < -0.39 is 26.6 Å². The number of carbonyl (C=O) groups excluding carboxylic acids is 1. The molecule has 110 valence electrons. The Bertz CT molecular complexity index is 625. The Labute approximate surface area is 114 Å². The summed E-state index contributed by atoms with van der Waals surface area (Å²) >= 11 is 0. The van der Waals surface area contributed by atoms with Gasteiger partial charge in [0.25, 0.3) is 0 Å². The molecule has 6 nitrogen and oxygen atoms in total. The lowest BCUT2D eigenvalue weighted by molar-refractivity contribution is -0.120. The number of nitrogens with one attached hydrogen (secondary N) is 1. The van der Waals surface area contributed by atoms with E-state index >= 15 is 0 Å². The highest BCUT2D eigenvalue weighted by atomic mass is 32.2. The van der Waals surface area contributed by atoms with E-state index in [1.165, 1.54) is 0 Å². The molecule has 0 bridgehead atoms. The summed E-state index contributed by atoms with van der Waals surface area (Å²) < 4.78 is 52.9. The lowest BCUT2D eigenvalue weighted by Gasteiger charge is -2.20. The third-order valence-electron chi connectivity index (χ3n) is 2.89. The molecule has 3 N–H and O–H groups in total. The van der Waals surface area contributed by atoms with E-state index in [1.807, 2.05) is 0 Å². The van der Waals surface area contributed by atoms with Crippen molar-refractivity contribution in [2.45, 2.75) is 11.3 Å². The van der Waals surface area contributed by atoms with E-state index in [2.05, 4.69) is 5.32 Å². The van der Waals surface area contributed by atoms with Gasteiger partial charge in [-0.1, -0.05) is 0 Å². The SMILES string of the molecule is Nc1cc(F)c(S(=O)(=O)N2CCNC(=O)CC2)c(F)c1. The number of hydrogen-bond donors (Lipinski definition) is 2. The molecule has 20 heavy (non-hydrogen) atoms. The number of nitrogens with two attached hydrogens (primary N) is 1. The topological polar surface area (TPSA) is 92.5 Å². The van der Waals surface area contributed by atoms with Crippen molar-refractivity contribution < 1.29 is 22.0 Å². The van der Waals surface area contributed by atoms with Crippen molar-refractivity contribution >= 4 is 21.6 Å². The second-order valence-corrected chi connectivity index (χ2v) is 6.19. The summed E-state index contributed by atoms with van der Waals surface area (Å²) in [7, 11) is -4.35. The largest absolute Gasteiger partial charge is 0.399 e. The Balaban J connectivity index is 2.42.